The molecule has 10 heteroatoms. The standard InChI is InChI=1S/C22H27N7O3/c1-15-14-32-8-7-29(15)20-9-19(13-30)25-21(27-20)17-3-5-18(6-4-17)26-22(31)23-10-16-11-24-28(2)12-16/h3-6,9,11-12,15,30H,7-8,10,13-14H2,1-2H3,(H2,23,26,31)/t15-/m0/s1. The SMILES string of the molecule is C[C@H]1COCCN1c1cc(CO)nc(-c2ccc(NC(=O)NCc3cnn(C)c3)cc2)n1. The lowest BCUT2D eigenvalue weighted by molar-refractivity contribution is 0.0985. The Morgan fingerprint density at radius 1 is 1.28 bits per heavy atom. The van der Waals surface area contributed by atoms with E-state index in [4.69, 9.17) is 9.72 Å². The molecule has 4 rings (SSSR count). The van der Waals surface area contributed by atoms with E-state index in [0.717, 1.165) is 23.5 Å². The van der Waals surface area contributed by atoms with Gasteiger partial charge in [-0.15, -0.1) is 0 Å². The summed E-state index contributed by atoms with van der Waals surface area (Å²) in [6.45, 7) is 4.32. The number of aliphatic hydroxyl groups is 1. The minimum absolute atomic E-state index is 0.169. The molecule has 2 amide bonds. The second kappa shape index (κ2) is 9.75. The minimum atomic E-state index is -0.302. The number of carbonyl (C=O) groups excluding carboxylic acids is 1. The zero-order chi connectivity index (χ0) is 22.5. The molecule has 168 valence electrons. The van der Waals surface area contributed by atoms with Crippen molar-refractivity contribution in [1.29, 1.82) is 0 Å². The van der Waals surface area contributed by atoms with Crippen LogP contribution in [0, 0.1) is 0 Å². The monoisotopic (exact) mass is 437 g/mol. The minimum Gasteiger partial charge on any atom is -0.390 e. The molecule has 0 unspecified atom stereocenters. The van der Waals surface area contributed by atoms with Crippen molar-refractivity contribution in [3.63, 3.8) is 0 Å². The number of aromatic nitrogens is 4. The number of nitrogens with zero attached hydrogens (tertiary/aromatic N) is 5. The normalized spacial score (nSPS) is 16.1. The molecule has 0 spiro atoms. The highest BCUT2D eigenvalue weighted by molar-refractivity contribution is 5.89. The predicted octanol–water partition coefficient (Wildman–Crippen LogP) is 1.92. The second-order valence-electron chi connectivity index (χ2n) is 7.72. The molecule has 32 heavy (non-hydrogen) atoms. The van der Waals surface area contributed by atoms with Crippen molar-refractivity contribution in [1.82, 2.24) is 25.1 Å². The number of rotatable bonds is 6. The smallest absolute Gasteiger partial charge is 0.319 e. The number of nitrogens with one attached hydrogen (secondary N) is 2. The number of aliphatic hydroxyl groups excluding tert-OH is 1. The molecule has 1 fully saturated rings. The van der Waals surface area contributed by atoms with Crippen LogP contribution in [0.4, 0.5) is 16.3 Å². The highest BCUT2D eigenvalue weighted by Gasteiger charge is 2.21. The zero-order valence-corrected chi connectivity index (χ0v) is 18.2. The van der Waals surface area contributed by atoms with E-state index in [9.17, 15) is 9.90 Å². The largest absolute Gasteiger partial charge is 0.390 e. The van der Waals surface area contributed by atoms with Crippen molar-refractivity contribution in [2.24, 2.45) is 7.05 Å². The number of amides is 2. The van der Waals surface area contributed by atoms with Crippen LogP contribution < -0.4 is 15.5 Å². The van der Waals surface area contributed by atoms with Gasteiger partial charge in [-0.25, -0.2) is 14.8 Å². The summed E-state index contributed by atoms with van der Waals surface area (Å²) in [6.07, 6.45) is 3.56. The van der Waals surface area contributed by atoms with E-state index in [1.807, 2.05) is 31.4 Å². The molecule has 0 radical (unpaired) electrons. The third kappa shape index (κ3) is 5.21. The first-order valence-electron chi connectivity index (χ1n) is 10.5. The van der Waals surface area contributed by atoms with Crippen LogP contribution in [-0.2, 0) is 24.9 Å². The lowest BCUT2D eigenvalue weighted by Gasteiger charge is -2.34. The fourth-order valence-electron chi connectivity index (χ4n) is 3.53. The van der Waals surface area contributed by atoms with Gasteiger partial charge in [-0.1, -0.05) is 0 Å². The summed E-state index contributed by atoms with van der Waals surface area (Å²) in [7, 11) is 1.83. The molecule has 2 aromatic heterocycles. The molecular formula is C22H27N7O3. The lowest BCUT2D eigenvalue weighted by Crippen LogP contribution is -2.44. The Balaban J connectivity index is 1.44. The molecule has 0 aliphatic carbocycles. The number of carbonyl (C=O) groups is 1. The average Bonchev–Trinajstić information content (AvgIpc) is 3.23. The van der Waals surface area contributed by atoms with Gasteiger partial charge in [0, 0.05) is 49.2 Å². The van der Waals surface area contributed by atoms with Crippen molar-refractivity contribution in [2.45, 2.75) is 26.1 Å². The summed E-state index contributed by atoms with van der Waals surface area (Å²) in [5.41, 5.74) is 2.92. The number of hydrogen-bond acceptors (Lipinski definition) is 7. The van der Waals surface area contributed by atoms with E-state index in [-0.39, 0.29) is 18.7 Å². The van der Waals surface area contributed by atoms with Crippen LogP contribution in [0.3, 0.4) is 0 Å². The fourth-order valence-corrected chi connectivity index (χ4v) is 3.53. The van der Waals surface area contributed by atoms with Crippen molar-refractivity contribution < 1.29 is 14.6 Å². The molecule has 3 N–H and O–H groups in total. The first-order chi connectivity index (χ1) is 15.5. The van der Waals surface area contributed by atoms with Gasteiger partial charge < -0.3 is 25.4 Å². The third-order valence-electron chi connectivity index (χ3n) is 5.20. The Labute approximate surface area is 186 Å². The Morgan fingerprint density at radius 3 is 2.78 bits per heavy atom. The van der Waals surface area contributed by atoms with Crippen LogP contribution in [0.1, 0.15) is 18.2 Å². The number of aryl methyl sites for hydroxylation is 1. The van der Waals surface area contributed by atoms with Gasteiger partial charge in [-0.3, -0.25) is 4.68 Å². The molecule has 3 aromatic rings. The van der Waals surface area contributed by atoms with Crippen molar-refractivity contribution >= 4 is 17.5 Å². The van der Waals surface area contributed by atoms with Gasteiger partial charge in [-0.05, 0) is 31.2 Å². The molecule has 1 saturated heterocycles. The number of ether oxygens (including phenoxy) is 1. The maximum atomic E-state index is 12.2. The Morgan fingerprint density at radius 2 is 2.09 bits per heavy atom. The molecule has 1 aliphatic rings. The summed E-state index contributed by atoms with van der Waals surface area (Å²) in [4.78, 5) is 23.5. The van der Waals surface area contributed by atoms with E-state index in [2.05, 4.69) is 32.5 Å². The number of benzene rings is 1. The van der Waals surface area contributed by atoms with Gasteiger partial charge >= 0.3 is 6.03 Å². The van der Waals surface area contributed by atoms with Crippen molar-refractivity contribution in [3.8, 4) is 11.4 Å². The van der Waals surface area contributed by atoms with E-state index in [0.29, 0.717) is 37.0 Å². The van der Waals surface area contributed by atoms with E-state index in [1.54, 1.807) is 23.0 Å². The number of urea groups is 1. The lowest BCUT2D eigenvalue weighted by atomic mass is 10.2. The van der Waals surface area contributed by atoms with Crippen LogP contribution >= 0.6 is 0 Å². The Bertz CT molecular complexity index is 1070. The van der Waals surface area contributed by atoms with Gasteiger partial charge in [0.05, 0.1) is 37.8 Å². The van der Waals surface area contributed by atoms with Crippen molar-refractivity contribution in [3.05, 3.63) is 54.0 Å². The van der Waals surface area contributed by atoms with Gasteiger partial charge in [-0.2, -0.15) is 5.10 Å². The molecule has 0 bridgehead atoms. The molecule has 10 nitrogen and oxygen atoms in total. The highest BCUT2D eigenvalue weighted by atomic mass is 16.5. The first-order valence-corrected chi connectivity index (χ1v) is 10.5. The molecule has 3 heterocycles. The van der Waals surface area contributed by atoms with Gasteiger partial charge in [0.25, 0.3) is 0 Å². The van der Waals surface area contributed by atoms with E-state index < -0.39 is 0 Å². The molecular weight excluding hydrogens is 410 g/mol. The third-order valence-corrected chi connectivity index (χ3v) is 5.20. The van der Waals surface area contributed by atoms with Crippen LogP contribution in [0.2, 0.25) is 0 Å². The molecule has 1 atom stereocenters. The summed E-state index contributed by atoms with van der Waals surface area (Å²) < 4.78 is 7.20. The first kappa shape index (κ1) is 21.7. The van der Waals surface area contributed by atoms with E-state index in [1.165, 1.54) is 0 Å². The van der Waals surface area contributed by atoms with Crippen LogP contribution in [0.25, 0.3) is 11.4 Å². The topological polar surface area (TPSA) is 117 Å². The van der Waals surface area contributed by atoms with Crippen molar-refractivity contribution in [2.75, 3.05) is 30.0 Å². The van der Waals surface area contributed by atoms with Gasteiger partial charge in [0.1, 0.15) is 5.82 Å². The Kier molecular flexibility index (Phi) is 6.62. The maximum Gasteiger partial charge on any atom is 0.319 e. The maximum absolute atomic E-state index is 12.2. The summed E-state index contributed by atoms with van der Waals surface area (Å²) >= 11 is 0. The molecule has 1 aliphatic heterocycles. The quantitative estimate of drug-likeness (QED) is 0.539. The van der Waals surface area contributed by atoms with Crippen LogP contribution in [0.5, 0.6) is 0 Å². The average molecular weight is 438 g/mol. The van der Waals surface area contributed by atoms with Gasteiger partial charge in [0.2, 0.25) is 0 Å². The summed E-state index contributed by atoms with van der Waals surface area (Å²) in [5, 5.41) is 19.4. The zero-order valence-electron chi connectivity index (χ0n) is 18.2. The summed E-state index contributed by atoms with van der Waals surface area (Å²) in [5.74, 6) is 1.30. The van der Waals surface area contributed by atoms with Crippen LogP contribution in [0.15, 0.2) is 42.7 Å². The number of hydrogen-bond donors (Lipinski definition) is 3. The number of morpholine rings is 1. The highest BCUT2D eigenvalue weighted by Crippen LogP contribution is 2.24. The summed E-state index contributed by atoms with van der Waals surface area (Å²) in [6, 6.07) is 8.99. The predicted molar refractivity (Wildman–Crippen MR) is 120 cm³/mol. The Hall–Kier alpha value is -3.50. The number of anilines is 2. The molecule has 0 saturated carbocycles. The molecule has 1 aromatic carbocycles. The van der Waals surface area contributed by atoms with Crippen LogP contribution in [-0.4, -0.2) is 56.7 Å². The van der Waals surface area contributed by atoms with E-state index >= 15 is 0 Å². The van der Waals surface area contributed by atoms with Gasteiger partial charge in [0.15, 0.2) is 5.82 Å². The second-order valence-corrected chi connectivity index (χ2v) is 7.72. The fraction of sp³-hybridized carbons (Fsp3) is 0.364.